The van der Waals surface area contributed by atoms with Gasteiger partial charge in [0.05, 0.1) is 5.56 Å². The van der Waals surface area contributed by atoms with E-state index in [1.807, 2.05) is 0 Å². The first kappa shape index (κ1) is 16.3. The summed E-state index contributed by atoms with van der Waals surface area (Å²) < 4.78 is 37.4. The topological polar surface area (TPSA) is 66.4 Å². The second kappa shape index (κ2) is 5.62. The summed E-state index contributed by atoms with van der Waals surface area (Å²) in [5.74, 6) is -1.76. The van der Waals surface area contributed by atoms with Crippen molar-refractivity contribution in [2.75, 3.05) is 0 Å². The molecule has 1 aliphatic carbocycles. The molecule has 0 bridgehead atoms. The quantitative estimate of drug-likeness (QED) is 0.878. The van der Waals surface area contributed by atoms with Crippen LogP contribution in [0.25, 0.3) is 0 Å². The summed E-state index contributed by atoms with van der Waals surface area (Å²) in [6.45, 7) is 1.71. The van der Waals surface area contributed by atoms with E-state index in [2.05, 4.69) is 5.32 Å². The first-order valence-electron chi connectivity index (χ1n) is 6.86. The predicted molar refractivity (Wildman–Crippen MR) is 72.2 cm³/mol. The fourth-order valence-corrected chi connectivity index (χ4v) is 2.23. The molecule has 0 aromatic heterocycles. The van der Waals surface area contributed by atoms with Gasteiger partial charge in [-0.15, -0.1) is 0 Å². The maximum atomic E-state index is 12.5. The van der Waals surface area contributed by atoms with Gasteiger partial charge >= 0.3 is 12.1 Å². The molecule has 1 aromatic rings. The SMILES string of the molecule is CC(CC(=O)NC1(C(=O)O)CC1)c1ccc(C(F)(F)F)cc1. The molecule has 1 amide bonds. The standard InChI is InChI=1S/C15H16F3NO3/c1-9(8-12(20)19-14(6-7-14)13(21)22)10-2-4-11(5-3-10)15(16,17)18/h2-5,9H,6-8H2,1H3,(H,19,20)(H,21,22). The number of carbonyl (C=O) groups is 2. The first-order valence-corrected chi connectivity index (χ1v) is 6.86. The van der Waals surface area contributed by atoms with Gasteiger partial charge in [0.25, 0.3) is 0 Å². The van der Waals surface area contributed by atoms with Crippen LogP contribution in [0, 0.1) is 0 Å². The lowest BCUT2D eigenvalue weighted by Gasteiger charge is -2.16. The van der Waals surface area contributed by atoms with Crippen LogP contribution in [0.5, 0.6) is 0 Å². The number of hydrogen-bond acceptors (Lipinski definition) is 2. The molecule has 120 valence electrons. The monoisotopic (exact) mass is 315 g/mol. The number of benzene rings is 1. The summed E-state index contributed by atoms with van der Waals surface area (Å²) >= 11 is 0. The molecular weight excluding hydrogens is 299 g/mol. The van der Waals surface area contributed by atoms with Gasteiger partial charge in [0.2, 0.25) is 5.91 Å². The second-order valence-electron chi connectivity index (χ2n) is 5.66. The molecule has 1 fully saturated rings. The van der Waals surface area contributed by atoms with Crippen molar-refractivity contribution in [2.45, 2.75) is 43.8 Å². The summed E-state index contributed by atoms with van der Waals surface area (Å²) in [5, 5.41) is 11.5. The maximum absolute atomic E-state index is 12.5. The second-order valence-corrected chi connectivity index (χ2v) is 5.66. The van der Waals surface area contributed by atoms with Gasteiger partial charge in [-0.05, 0) is 36.5 Å². The number of carboxylic acid groups (broad SMARTS) is 1. The van der Waals surface area contributed by atoms with Gasteiger partial charge < -0.3 is 10.4 Å². The zero-order valence-corrected chi connectivity index (χ0v) is 11.9. The van der Waals surface area contributed by atoms with Gasteiger partial charge in [0.1, 0.15) is 5.54 Å². The predicted octanol–water partition coefficient (Wildman–Crippen LogP) is 2.93. The fourth-order valence-electron chi connectivity index (χ4n) is 2.23. The number of aliphatic carboxylic acids is 1. The Morgan fingerprint density at radius 3 is 2.23 bits per heavy atom. The van der Waals surface area contributed by atoms with E-state index in [1.54, 1.807) is 6.92 Å². The van der Waals surface area contributed by atoms with Crippen molar-refractivity contribution in [3.63, 3.8) is 0 Å². The Balaban J connectivity index is 1.96. The first-order chi connectivity index (χ1) is 10.1. The number of rotatable bonds is 5. The molecule has 0 spiro atoms. The summed E-state index contributed by atoms with van der Waals surface area (Å²) in [6, 6.07) is 4.63. The zero-order valence-electron chi connectivity index (χ0n) is 11.9. The molecule has 22 heavy (non-hydrogen) atoms. The highest BCUT2D eigenvalue weighted by Gasteiger charge is 2.51. The molecule has 0 aliphatic heterocycles. The van der Waals surface area contributed by atoms with Crippen molar-refractivity contribution < 1.29 is 27.9 Å². The van der Waals surface area contributed by atoms with Crippen LogP contribution >= 0.6 is 0 Å². The van der Waals surface area contributed by atoms with Crippen LogP contribution in [0.2, 0.25) is 0 Å². The molecule has 2 N–H and O–H groups in total. The molecule has 1 saturated carbocycles. The Morgan fingerprint density at radius 1 is 1.27 bits per heavy atom. The number of carboxylic acids is 1. The Bertz CT molecular complexity index is 577. The molecule has 0 radical (unpaired) electrons. The average molecular weight is 315 g/mol. The van der Waals surface area contributed by atoms with Crippen LogP contribution < -0.4 is 5.32 Å². The number of amides is 1. The summed E-state index contributed by atoms with van der Waals surface area (Å²) in [7, 11) is 0. The molecule has 4 nitrogen and oxygen atoms in total. The highest BCUT2D eigenvalue weighted by atomic mass is 19.4. The fraction of sp³-hybridized carbons (Fsp3) is 0.467. The van der Waals surface area contributed by atoms with E-state index in [0.717, 1.165) is 12.1 Å². The van der Waals surface area contributed by atoms with Gasteiger partial charge in [-0.1, -0.05) is 19.1 Å². The van der Waals surface area contributed by atoms with Crippen molar-refractivity contribution in [1.82, 2.24) is 5.32 Å². The minimum absolute atomic E-state index is 0.0282. The van der Waals surface area contributed by atoms with Crippen molar-refractivity contribution in [2.24, 2.45) is 0 Å². The molecule has 0 heterocycles. The van der Waals surface area contributed by atoms with Crippen LogP contribution in [0.4, 0.5) is 13.2 Å². The third kappa shape index (κ3) is 3.58. The van der Waals surface area contributed by atoms with Crippen LogP contribution in [-0.2, 0) is 15.8 Å². The summed E-state index contributed by atoms with van der Waals surface area (Å²) in [5.41, 5.74) is -1.28. The number of hydrogen-bond donors (Lipinski definition) is 2. The lowest BCUT2D eigenvalue weighted by molar-refractivity contribution is -0.143. The van der Waals surface area contributed by atoms with Gasteiger partial charge in [0.15, 0.2) is 0 Å². The molecule has 2 rings (SSSR count). The van der Waals surface area contributed by atoms with E-state index in [9.17, 15) is 22.8 Å². The highest BCUT2D eigenvalue weighted by molar-refractivity contribution is 5.89. The minimum atomic E-state index is -4.39. The van der Waals surface area contributed by atoms with E-state index in [-0.39, 0.29) is 12.3 Å². The highest BCUT2D eigenvalue weighted by Crippen LogP contribution is 2.36. The summed E-state index contributed by atoms with van der Waals surface area (Å²) in [6.07, 6.45) is -3.55. The van der Waals surface area contributed by atoms with Gasteiger partial charge in [-0.3, -0.25) is 4.79 Å². The summed E-state index contributed by atoms with van der Waals surface area (Å²) in [4.78, 5) is 22.8. The zero-order chi connectivity index (χ0) is 16.5. The van der Waals surface area contributed by atoms with Gasteiger partial charge in [-0.2, -0.15) is 13.2 Å². The molecular formula is C15H16F3NO3. The number of halogens is 3. The molecule has 1 atom stereocenters. The minimum Gasteiger partial charge on any atom is -0.480 e. The number of carbonyl (C=O) groups excluding carboxylic acids is 1. The normalized spacial score (nSPS) is 17.6. The molecule has 7 heteroatoms. The van der Waals surface area contributed by atoms with Crippen LogP contribution in [-0.4, -0.2) is 22.5 Å². The maximum Gasteiger partial charge on any atom is 0.416 e. The lowest BCUT2D eigenvalue weighted by atomic mass is 9.96. The number of alkyl halides is 3. The van der Waals surface area contributed by atoms with E-state index >= 15 is 0 Å². The third-order valence-electron chi connectivity index (χ3n) is 3.84. The van der Waals surface area contributed by atoms with E-state index in [1.165, 1.54) is 12.1 Å². The number of nitrogens with one attached hydrogen (secondary N) is 1. The van der Waals surface area contributed by atoms with Gasteiger partial charge in [0, 0.05) is 6.42 Å². The molecule has 1 unspecified atom stereocenters. The van der Waals surface area contributed by atoms with Crippen LogP contribution in [0.3, 0.4) is 0 Å². The Kier molecular flexibility index (Phi) is 4.17. The van der Waals surface area contributed by atoms with Crippen molar-refractivity contribution in [3.05, 3.63) is 35.4 Å². The largest absolute Gasteiger partial charge is 0.480 e. The van der Waals surface area contributed by atoms with E-state index in [0.29, 0.717) is 18.4 Å². The van der Waals surface area contributed by atoms with E-state index in [4.69, 9.17) is 5.11 Å². The lowest BCUT2D eigenvalue weighted by Crippen LogP contribution is -2.43. The van der Waals surface area contributed by atoms with Crippen molar-refractivity contribution in [3.8, 4) is 0 Å². The molecule has 1 aromatic carbocycles. The molecule has 1 aliphatic rings. The Labute approximate surface area is 125 Å². The van der Waals surface area contributed by atoms with Crippen molar-refractivity contribution >= 4 is 11.9 Å². The average Bonchev–Trinajstić information content (AvgIpc) is 3.18. The van der Waals surface area contributed by atoms with E-state index < -0.39 is 29.2 Å². The Hall–Kier alpha value is -2.05. The van der Waals surface area contributed by atoms with Gasteiger partial charge in [-0.25, -0.2) is 4.79 Å². The van der Waals surface area contributed by atoms with Crippen molar-refractivity contribution in [1.29, 1.82) is 0 Å². The Morgan fingerprint density at radius 2 is 1.82 bits per heavy atom. The van der Waals surface area contributed by atoms with Crippen LogP contribution in [0.1, 0.15) is 43.2 Å². The third-order valence-corrected chi connectivity index (χ3v) is 3.84. The molecule has 0 saturated heterocycles. The smallest absolute Gasteiger partial charge is 0.416 e. The van der Waals surface area contributed by atoms with Crippen LogP contribution in [0.15, 0.2) is 24.3 Å².